The van der Waals surface area contributed by atoms with Crippen LogP contribution in [0.15, 0.2) is 95.1 Å². The highest BCUT2D eigenvalue weighted by Gasteiger charge is 2.03. The molecular formula is C32H34N4O2. The fourth-order valence-corrected chi connectivity index (χ4v) is 4.46. The number of hydrogen-bond acceptors (Lipinski definition) is 4. The number of hydrazone groups is 2. The van der Waals surface area contributed by atoms with Gasteiger partial charge in [0.2, 0.25) is 11.8 Å². The van der Waals surface area contributed by atoms with Gasteiger partial charge in [-0.05, 0) is 34.4 Å². The Morgan fingerprint density at radius 3 is 1.39 bits per heavy atom. The third kappa shape index (κ3) is 8.10. The van der Waals surface area contributed by atoms with Gasteiger partial charge in [0.1, 0.15) is 0 Å². The van der Waals surface area contributed by atoms with Gasteiger partial charge in [-0.1, -0.05) is 111 Å². The molecule has 4 aromatic carbocycles. The minimum atomic E-state index is -0.0674. The maximum atomic E-state index is 12.1. The first-order valence-corrected chi connectivity index (χ1v) is 13.3. The Morgan fingerprint density at radius 1 is 0.526 bits per heavy atom. The zero-order chi connectivity index (χ0) is 26.4. The number of nitrogens with one attached hydrogen (secondary N) is 2. The lowest BCUT2D eigenvalue weighted by Crippen LogP contribution is -2.17. The summed E-state index contributed by atoms with van der Waals surface area (Å²) >= 11 is 0. The highest BCUT2D eigenvalue weighted by molar-refractivity contribution is 6.00. The molecule has 0 unspecified atom stereocenters. The number of nitrogens with zero attached hydrogens (tertiary/aromatic N) is 2. The van der Waals surface area contributed by atoms with E-state index in [1.54, 1.807) is 12.4 Å². The van der Waals surface area contributed by atoms with E-state index in [1.165, 1.54) is 0 Å². The topological polar surface area (TPSA) is 82.9 Å². The predicted octanol–water partition coefficient (Wildman–Crippen LogP) is 6.71. The molecule has 0 atom stereocenters. The van der Waals surface area contributed by atoms with Gasteiger partial charge in [-0.3, -0.25) is 9.59 Å². The molecule has 4 rings (SSSR count). The van der Waals surface area contributed by atoms with E-state index in [4.69, 9.17) is 0 Å². The van der Waals surface area contributed by atoms with Crippen LogP contribution in [0.4, 0.5) is 0 Å². The quantitative estimate of drug-likeness (QED) is 0.120. The molecule has 4 aromatic rings. The molecule has 6 nitrogen and oxygen atoms in total. The van der Waals surface area contributed by atoms with Crippen molar-refractivity contribution in [3.05, 3.63) is 96.1 Å². The van der Waals surface area contributed by atoms with Gasteiger partial charge in [0, 0.05) is 24.0 Å². The van der Waals surface area contributed by atoms with Gasteiger partial charge in [0.25, 0.3) is 0 Å². The average molecular weight is 507 g/mol. The van der Waals surface area contributed by atoms with Crippen LogP contribution >= 0.6 is 0 Å². The highest BCUT2D eigenvalue weighted by atomic mass is 16.2. The summed E-state index contributed by atoms with van der Waals surface area (Å²) in [7, 11) is 0. The van der Waals surface area contributed by atoms with E-state index in [0.29, 0.717) is 12.8 Å². The number of fused-ring (bicyclic) bond motifs is 2. The lowest BCUT2D eigenvalue weighted by molar-refractivity contribution is -0.122. The molecule has 0 aliphatic carbocycles. The van der Waals surface area contributed by atoms with Crippen LogP contribution < -0.4 is 10.9 Å². The molecule has 0 heterocycles. The van der Waals surface area contributed by atoms with Crippen molar-refractivity contribution in [1.29, 1.82) is 0 Å². The number of unbranched alkanes of at least 4 members (excludes halogenated alkanes) is 5. The van der Waals surface area contributed by atoms with E-state index in [9.17, 15) is 9.59 Å². The number of carbonyl (C=O) groups is 2. The maximum absolute atomic E-state index is 12.1. The van der Waals surface area contributed by atoms with Crippen molar-refractivity contribution in [2.45, 2.75) is 51.4 Å². The average Bonchev–Trinajstić information content (AvgIpc) is 2.95. The first-order chi connectivity index (χ1) is 18.7. The summed E-state index contributed by atoms with van der Waals surface area (Å²) in [5, 5.41) is 12.8. The van der Waals surface area contributed by atoms with Crippen LogP contribution in [0.5, 0.6) is 0 Å². The van der Waals surface area contributed by atoms with Crippen LogP contribution in [0.1, 0.15) is 62.5 Å². The fraction of sp³-hybridized carbons (Fsp3) is 0.250. The summed E-state index contributed by atoms with van der Waals surface area (Å²) in [6.07, 6.45) is 10.1. The molecule has 0 aromatic heterocycles. The van der Waals surface area contributed by atoms with Gasteiger partial charge < -0.3 is 0 Å². The van der Waals surface area contributed by atoms with Gasteiger partial charge in [-0.25, -0.2) is 10.9 Å². The maximum Gasteiger partial charge on any atom is 0.240 e. The molecule has 6 heteroatoms. The van der Waals surface area contributed by atoms with Crippen molar-refractivity contribution in [1.82, 2.24) is 10.9 Å². The van der Waals surface area contributed by atoms with E-state index in [0.717, 1.165) is 71.2 Å². The van der Waals surface area contributed by atoms with Gasteiger partial charge in [0.05, 0.1) is 12.4 Å². The van der Waals surface area contributed by atoms with Gasteiger partial charge in [-0.15, -0.1) is 0 Å². The van der Waals surface area contributed by atoms with E-state index in [1.807, 2.05) is 60.7 Å². The standard InChI is InChI=1S/C32H34N4O2/c37-31(35-33-23-27-17-11-15-25-13-7-9-19-29(25)27)21-5-3-1-2-4-6-22-32(38)36-34-24-28-18-12-16-26-14-8-10-20-30(26)28/h7-20,23-24H,1-6,21-22H2,(H,35,37)(H,36,38). The van der Waals surface area contributed by atoms with Crippen LogP contribution in [0.2, 0.25) is 0 Å². The van der Waals surface area contributed by atoms with Gasteiger partial charge in [0.15, 0.2) is 0 Å². The Balaban J connectivity index is 1.03. The number of rotatable bonds is 13. The van der Waals surface area contributed by atoms with E-state index >= 15 is 0 Å². The van der Waals surface area contributed by atoms with Crippen molar-refractivity contribution in [3.8, 4) is 0 Å². The molecule has 194 valence electrons. The third-order valence-electron chi connectivity index (χ3n) is 6.49. The molecule has 0 aliphatic heterocycles. The number of hydrogen-bond donors (Lipinski definition) is 2. The number of carbonyl (C=O) groups excluding carboxylic acids is 2. The molecule has 0 bridgehead atoms. The highest BCUT2D eigenvalue weighted by Crippen LogP contribution is 2.18. The first-order valence-electron chi connectivity index (χ1n) is 13.3. The summed E-state index contributed by atoms with van der Waals surface area (Å²) < 4.78 is 0. The van der Waals surface area contributed by atoms with Crippen molar-refractivity contribution in [2.75, 3.05) is 0 Å². The van der Waals surface area contributed by atoms with Crippen molar-refractivity contribution in [2.24, 2.45) is 10.2 Å². The first kappa shape index (κ1) is 26.7. The molecule has 2 N–H and O–H groups in total. The van der Waals surface area contributed by atoms with Gasteiger partial charge >= 0.3 is 0 Å². The lowest BCUT2D eigenvalue weighted by atomic mass is 10.1. The summed E-state index contributed by atoms with van der Waals surface area (Å²) in [6.45, 7) is 0. The molecule has 38 heavy (non-hydrogen) atoms. The summed E-state index contributed by atoms with van der Waals surface area (Å²) in [4.78, 5) is 24.1. The Bertz CT molecular complexity index is 1310. The van der Waals surface area contributed by atoms with Crippen LogP contribution in [-0.2, 0) is 9.59 Å². The van der Waals surface area contributed by atoms with Crippen LogP contribution in [-0.4, -0.2) is 24.2 Å². The normalized spacial score (nSPS) is 11.5. The second kappa shape index (κ2) is 14.4. The minimum Gasteiger partial charge on any atom is -0.273 e. The second-order valence-corrected chi connectivity index (χ2v) is 9.34. The SMILES string of the molecule is O=C(CCCCCCCCC(=O)NN=Cc1cccc2ccccc12)NN=Cc1cccc2ccccc12. The summed E-state index contributed by atoms with van der Waals surface area (Å²) in [6, 6.07) is 28.3. The van der Waals surface area contributed by atoms with Crippen LogP contribution in [0.25, 0.3) is 21.5 Å². The van der Waals surface area contributed by atoms with Crippen LogP contribution in [0.3, 0.4) is 0 Å². The Hall–Kier alpha value is -4.32. The smallest absolute Gasteiger partial charge is 0.240 e. The molecule has 0 saturated heterocycles. The number of benzene rings is 4. The molecule has 0 saturated carbocycles. The zero-order valence-electron chi connectivity index (χ0n) is 21.6. The zero-order valence-corrected chi connectivity index (χ0v) is 21.6. The molecule has 0 spiro atoms. The largest absolute Gasteiger partial charge is 0.273 e. The van der Waals surface area contributed by atoms with Crippen molar-refractivity contribution >= 4 is 45.8 Å². The van der Waals surface area contributed by atoms with E-state index < -0.39 is 0 Å². The molecule has 0 radical (unpaired) electrons. The molecule has 0 aliphatic rings. The minimum absolute atomic E-state index is 0.0674. The van der Waals surface area contributed by atoms with E-state index in [-0.39, 0.29) is 11.8 Å². The van der Waals surface area contributed by atoms with Gasteiger partial charge in [-0.2, -0.15) is 10.2 Å². The Kier molecular flexibility index (Phi) is 10.2. The molecule has 2 amide bonds. The third-order valence-corrected chi connectivity index (χ3v) is 6.49. The summed E-state index contributed by atoms with van der Waals surface area (Å²) in [5.41, 5.74) is 7.22. The Labute approximate surface area is 223 Å². The van der Waals surface area contributed by atoms with Crippen LogP contribution in [0, 0.1) is 0 Å². The predicted molar refractivity (Wildman–Crippen MR) is 156 cm³/mol. The number of amides is 2. The lowest BCUT2D eigenvalue weighted by Gasteiger charge is -2.03. The molecular weight excluding hydrogens is 472 g/mol. The second-order valence-electron chi connectivity index (χ2n) is 9.34. The molecule has 0 fully saturated rings. The monoisotopic (exact) mass is 506 g/mol. The van der Waals surface area contributed by atoms with E-state index in [2.05, 4.69) is 45.3 Å². The van der Waals surface area contributed by atoms with Crippen molar-refractivity contribution in [3.63, 3.8) is 0 Å². The Morgan fingerprint density at radius 2 is 0.921 bits per heavy atom. The fourth-order valence-electron chi connectivity index (χ4n) is 4.46. The van der Waals surface area contributed by atoms with Crippen molar-refractivity contribution < 1.29 is 9.59 Å². The summed E-state index contributed by atoms with van der Waals surface area (Å²) in [5.74, 6) is -0.135.